The molecule has 3 aliphatic rings. The number of hydrogen-bond acceptors (Lipinski definition) is 4. The number of hydrogen-bond donors (Lipinski definition) is 1. The molecule has 6 nitrogen and oxygen atoms in total. The van der Waals surface area contributed by atoms with E-state index in [1.807, 2.05) is 18.3 Å². The van der Waals surface area contributed by atoms with Gasteiger partial charge in [0.15, 0.2) is 5.96 Å². The number of aromatic nitrogens is 1. The third kappa shape index (κ3) is 5.12. The highest BCUT2D eigenvalue weighted by atomic mass is 16.5. The van der Waals surface area contributed by atoms with Crippen LogP contribution in [0.25, 0.3) is 0 Å². The van der Waals surface area contributed by atoms with Crippen LogP contribution >= 0.6 is 0 Å². The van der Waals surface area contributed by atoms with Crippen LogP contribution in [0.1, 0.15) is 44.6 Å². The molecule has 1 aromatic heterocycles. The van der Waals surface area contributed by atoms with Gasteiger partial charge in [-0.3, -0.25) is 4.90 Å². The Hall–Kier alpha value is -1.82. The number of likely N-dealkylation sites (tertiary alicyclic amines) is 2. The van der Waals surface area contributed by atoms with Crippen molar-refractivity contribution in [1.29, 1.82) is 0 Å². The first kappa shape index (κ1) is 18.5. The van der Waals surface area contributed by atoms with Crippen LogP contribution in [0.3, 0.4) is 0 Å². The van der Waals surface area contributed by atoms with Crippen molar-refractivity contribution >= 4 is 5.96 Å². The van der Waals surface area contributed by atoms with E-state index in [9.17, 15) is 0 Å². The quantitative estimate of drug-likeness (QED) is 0.590. The maximum Gasteiger partial charge on any atom is 0.213 e. The van der Waals surface area contributed by atoms with E-state index in [1.54, 1.807) is 0 Å². The van der Waals surface area contributed by atoms with E-state index in [2.05, 4.69) is 27.0 Å². The van der Waals surface area contributed by atoms with Crippen molar-refractivity contribution in [1.82, 2.24) is 20.1 Å². The summed E-state index contributed by atoms with van der Waals surface area (Å²) in [6.07, 6.45) is 8.39. The van der Waals surface area contributed by atoms with Crippen LogP contribution in [-0.2, 0) is 6.54 Å². The predicted molar refractivity (Wildman–Crippen MR) is 108 cm³/mol. The van der Waals surface area contributed by atoms with E-state index in [1.165, 1.54) is 45.2 Å². The van der Waals surface area contributed by atoms with Crippen LogP contribution in [0.4, 0.5) is 0 Å². The normalized spacial score (nSPS) is 23.8. The first-order chi connectivity index (χ1) is 13.3. The molecule has 1 N–H and O–H groups in total. The molecule has 1 aromatic rings. The number of nitrogens with zero attached hydrogens (tertiary/aromatic N) is 4. The molecule has 1 aliphatic carbocycles. The highest BCUT2D eigenvalue weighted by Crippen LogP contribution is 2.29. The van der Waals surface area contributed by atoms with Gasteiger partial charge in [0.25, 0.3) is 0 Å². The summed E-state index contributed by atoms with van der Waals surface area (Å²) in [6, 6.07) is 4.76. The van der Waals surface area contributed by atoms with Crippen molar-refractivity contribution in [3.05, 3.63) is 23.9 Å². The molecule has 27 heavy (non-hydrogen) atoms. The predicted octanol–water partition coefficient (Wildman–Crippen LogP) is 2.51. The fourth-order valence-corrected chi connectivity index (χ4v) is 4.05. The lowest BCUT2D eigenvalue weighted by molar-refractivity contribution is 0.249. The lowest BCUT2D eigenvalue weighted by atomic mass is 10.2. The summed E-state index contributed by atoms with van der Waals surface area (Å²) < 4.78 is 5.80. The average Bonchev–Trinajstić information content (AvgIpc) is 3.15. The monoisotopic (exact) mass is 371 g/mol. The summed E-state index contributed by atoms with van der Waals surface area (Å²) in [4.78, 5) is 14.3. The number of guanidine groups is 1. The molecule has 3 fully saturated rings. The maximum atomic E-state index is 5.80. The number of ether oxygens (including phenoxy) is 1. The lowest BCUT2D eigenvalue weighted by Gasteiger charge is -2.25. The van der Waals surface area contributed by atoms with Gasteiger partial charge in [0.1, 0.15) is 0 Å². The van der Waals surface area contributed by atoms with Gasteiger partial charge in [-0.25, -0.2) is 9.98 Å². The van der Waals surface area contributed by atoms with Crippen molar-refractivity contribution in [2.75, 3.05) is 39.3 Å². The van der Waals surface area contributed by atoms with Gasteiger partial charge in [-0.2, -0.15) is 0 Å². The summed E-state index contributed by atoms with van der Waals surface area (Å²) in [5, 5.41) is 3.48. The Bertz CT molecular complexity index is 639. The van der Waals surface area contributed by atoms with Gasteiger partial charge in [0.2, 0.25) is 5.88 Å². The van der Waals surface area contributed by atoms with Crippen LogP contribution in [0.15, 0.2) is 23.3 Å². The molecule has 2 saturated heterocycles. The molecule has 148 valence electrons. The summed E-state index contributed by atoms with van der Waals surface area (Å²) >= 11 is 0. The highest BCUT2D eigenvalue weighted by Gasteiger charge is 2.30. The second-order valence-corrected chi connectivity index (χ2v) is 8.06. The molecule has 3 heterocycles. The van der Waals surface area contributed by atoms with Crippen molar-refractivity contribution in [3.63, 3.8) is 0 Å². The maximum absolute atomic E-state index is 5.80. The highest BCUT2D eigenvalue weighted by molar-refractivity contribution is 5.80. The van der Waals surface area contributed by atoms with Gasteiger partial charge in [0.05, 0.1) is 13.2 Å². The third-order valence-electron chi connectivity index (χ3n) is 5.83. The minimum atomic E-state index is 0.662. The second kappa shape index (κ2) is 8.91. The number of aliphatic imine (C=N–C) groups is 1. The Labute approximate surface area is 163 Å². The molecule has 2 aliphatic heterocycles. The minimum Gasteiger partial charge on any atom is -0.477 e. The summed E-state index contributed by atoms with van der Waals surface area (Å²) in [5.74, 6) is 2.51. The van der Waals surface area contributed by atoms with Gasteiger partial charge in [-0.15, -0.1) is 0 Å². The second-order valence-electron chi connectivity index (χ2n) is 8.06. The molecule has 0 spiro atoms. The van der Waals surface area contributed by atoms with Crippen molar-refractivity contribution < 1.29 is 4.74 Å². The molecule has 0 radical (unpaired) electrons. The largest absolute Gasteiger partial charge is 0.477 e. The van der Waals surface area contributed by atoms with Crippen molar-refractivity contribution in [2.24, 2.45) is 10.9 Å². The Morgan fingerprint density at radius 3 is 2.89 bits per heavy atom. The van der Waals surface area contributed by atoms with E-state index in [0.717, 1.165) is 49.6 Å². The number of nitrogens with one attached hydrogen (secondary N) is 1. The smallest absolute Gasteiger partial charge is 0.213 e. The Balaban J connectivity index is 1.35. The third-order valence-corrected chi connectivity index (χ3v) is 5.83. The zero-order chi connectivity index (χ0) is 18.5. The van der Waals surface area contributed by atoms with Gasteiger partial charge < -0.3 is 15.0 Å². The first-order valence-corrected chi connectivity index (χ1v) is 10.7. The molecule has 0 amide bonds. The number of pyridine rings is 1. The van der Waals surface area contributed by atoms with Crippen molar-refractivity contribution in [3.8, 4) is 5.88 Å². The molecule has 1 saturated carbocycles. The van der Waals surface area contributed by atoms with Crippen LogP contribution in [-0.4, -0.2) is 66.1 Å². The van der Waals surface area contributed by atoms with Gasteiger partial charge in [-0.1, -0.05) is 0 Å². The molecule has 0 bridgehead atoms. The van der Waals surface area contributed by atoms with Crippen LogP contribution in [0.2, 0.25) is 0 Å². The SMILES string of the molecule is CCNC(=NCc1ccnc(OCC2CC2)c1)N1CCC(N2CCCC2)C1. The molecular formula is C21H33N5O. The van der Waals surface area contributed by atoms with E-state index in [0.29, 0.717) is 12.6 Å². The average molecular weight is 372 g/mol. The van der Waals surface area contributed by atoms with Crippen LogP contribution in [0.5, 0.6) is 5.88 Å². The standard InChI is InChI=1S/C21H33N5O/c1-2-22-21(26-12-8-19(15-26)25-10-3-4-11-25)24-14-18-7-9-23-20(13-18)27-16-17-5-6-17/h7,9,13,17,19H,2-6,8,10-12,14-16H2,1H3,(H,22,24). The molecule has 1 atom stereocenters. The summed E-state index contributed by atoms with van der Waals surface area (Å²) in [7, 11) is 0. The van der Waals surface area contributed by atoms with Crippen LogP contribution < -0.4 is 10.1 Å². The first-order valence-electron chi connectivity index (χ1n) is 10.7. The molecule has 1 unspecified atom stereocenters. The van der Waals surface area contributed by atoms with E-state index in [-0.39, 0.29) is 0 Å². The molecule has 0 aromatic carbocycles. The Morgan fingerprint density at radius 1 is 1.26 bits per heavy atom. The van der Waals surface area contributed by atoms with Crippen molar-refractivity contribution in [2.45, 2.75) is 51.6 Å². The number of rotatable bonds is 7. The van der Waals surface area contributed by atoms with E-state index < -0.39 is 0 Å². The Kier molecular flexibility index (Phi) is 6.12. The van der Waals surface area contributed by atoms with E-state index >= 15 is 0 Å². The fraction of sp³-hybridized carbons (Fsp3) is 0.714. The zero-order valence-electron chi connectivity index (χ0n) is 16.6. The molecule has 6 heteroatoms. The van der Waals surface area contributed by atoms with Gasteiger partial charge in [-0.05, 0) is 69.7 Å². The summed E-state index contributed by atoms with van der Waals surface area (Å²) in [5.41, 5.74) is 1.15. The lowest BCUT2D eigenvalue weighted by Crippen LogP contribution is -2.42. The van der Waals surface area contributed by atoms with Gasteiger partial charge in [0, 0.05) is 37.9 Å². The molecule has 4 rings (SSSR count). The Morgan fingerprint density at radius 2 is 2.11 bits per heavy atom. The zero-order valence-corrected chi connectivity index (χ0v) is 16.6. The molecular weight excluding hydrogens is 338 g/mol. The topological polar surface area (TPSA) is 53.0 Å². The summed E-state index contributed by atoms with van der Waals surface area (Å²) in [6.45, 7) is 9.23. The van der Waals surface area contributed by atoms with E-state index in [4.69, 9.17) is 9.73 Å². The van der Waals surface area contributed by atoms with Crippen LogP contribution in [0, 0.1) is 5.92 Å². The fourth-order valence-electron chi connectivity index (χ4n) is 4.05. The minimum absolute atomic E-state index is 0.662. The van der Waals surface area contributed by atoms with Gasteiger partial charge >= 0.3 is 0 Å².